The number of nitrogens with zero attached hydrogens (tertiary/aromatic N) is 5. The van der Waals surface area contributed by atoms with Crippen molar-refractivity contribution in [3.8, 4) is 11.4 Å². The van der Waals surface area contributed by atoms with Crippen LogP contribution in [0.5, 0.6) is 0 Å². The molecule has 23 heavy (non-hydrogen) atoms. The molecule has 6 nitrogen and oxygen atoms in total. The Morgan fingerprint density at radius 2 is 1.70 bits per heavy atom. The van der Waals surface area contributed by atoms with Gasteiger partial charge in [-0.1, -0.05) is 49.1 Å². The molecular weight excluding hydrogens is 290 g/mol. The Morgan fingerprint density at radius 1 is 1.04 bits per heavy atom. The Hall–Kier alpha value is -2.24. The minimum absolute atomic E-state index is 0.0831. The van der Waals surface area contributed by atoms with Gasteiger partial charge in [0.2, 0.25) is 11.7 Å². The Morgan fingerprint density at radius 3 is 2.39 bits per heavy atom. The molecule has 1 aliphatic heterocycles. The van der Waals surface area contributed by atoms with Crippen LogP contribution >= 0.6 is 0 Å². The highest BCUT2D eigenvalue weighted by molar-refractivity contribution is 5.75. The summed E-state index contributed by atoms with van der Waals surface area (Å²) in [6.07, 6.45) is 5.88. The fourth-order valence-corrected chi connectivity index (χ4v) is 2.85. The summed E-state index contributed by atoms with van der Waals surface area (Å²) in [4.78, 5) is 15.8. The first-order valence-corrected chi connectivity index (χ1v) is 8.35. The Kier molecular flexibility index (Phi) is 5.00. The molecule has 2 heterocycles. The molecule has 1 saturated heterocycles. The molecule has 0 N–H and O–H groups in total. The summed E-state index contributed by atoms with van der Waals surface area (Å²) in [6.45, 7) is 3.89. The van der Waals surface area contributed by atoms with Crippen LogP contribution < -0.4 is 0 Å². The van der Waals surface area contributed by atoms with E-state index in [4.69, 9.17) is 0 Å². The Bertz CT molecular complexity index is 641. The van der Waals surface area contributed by atoms with Crippen LogP contribution in [0, 0.1) is 6.92 Å². The van der Waals surface area contributed by atoms with Gasteiger partial charge in [-0.3, -0.25) is 4.79 Å². The Labute approximate surface area is 136 Å². The van der Waals surface area contributed by atoms with E-state index >= 15 is 0 Å². The number of carbonyl (C=O) groups is 1. The summed E-state index contributed by atoms with van der Waals surface area (Å²) in [7, 11) is 0. The standard InChI is InChI=1S/C17H23N5O/c1-14-7-9-15(10-8-14)17-18-20-22(19-17)13-16(23)21-11-5-3-2-4-6-12-21/h7-10H,2-6,11-13H2,1H3. The molecule has 0 bridgehead atoms. The third-order valence-electron chi connectivity index (χ3n) is 4.25. The predicted molar refractivity (Wildman–Crippen MR) is 87.7 cm³/mol. The van der Waals surface area contributed by atoms with Gasteiger partial charge in [0.05, 0.1) is 0 Å². The largest absolute Gasteiger partial charge is 0.341 e. The lowest BCUT2D eigenvalue weighted by molar-refractivity contribution is -0.132. The van der Waals surface area contributed by atoms with Crippen LogP contribution in [-0.2, 0) is 11.3 Å². The molecule has 0 saturated carbocycles. The third-order valence-corrected chi connectivity index (χ3v) is 4.25. The molecule has 6 heteroatoms. The van der Waals surface area contributed by atoms with Crippen LogP contribution in [-0.4, -0.2) is 44.1 Å². The van der Waals surface area contributed by atoms with Crippen LogP contribution in [0.15, 0.2) is 24.3 Å². The molecule has 0 atom stereocenters. The van der Waals surface area contributed by atoms with E-state index in [1.54, 1.807) is 0 Å². The quantitative estimate of drug-likeness (QED) is 0.873. The number of aryl methyl sites for hydroxylation is 1. The van der Waals surface area contributed by atoms with E-state index in [1.807, 2.05) is 36.1 Å². The molecule has 3 rings (SSSR count). The summed E-state index contributed by atoms with van der Waals surface area (Å²) < 4.78 is 0. The van der Waals surface area contributed by atoms with E-state index < -0.39 is 0 Å². The van der Waals surface area contributed by atoms with Gasteiger partial charge in [-0.15, -0.1) is 10.2 Å². The maximum atomic E-state index is 12.4. The van der Waals surface area contributed by atoms with Crippen molar-refractivity contribution in [2.24, 2.45) is 0 Å². The topological polar surface area (TPSA) is 63.9 Å². The van der Waals surface area contributed by atoms with Crippen molar-refractivity contribution < 1.29 is 4.79 Å². The molecule has 1 aromatic carbocycles. The van der Waals surface area contributed by atoms with Crippen LogP contribution in [0.25, 0.3) is 11.4 Å². The number of aromatic nitrogens is 4. The van der Waals surface area contributed by atoms with Crippen LogP contribution in [0.3, 0.4) is 0 Å². The highest BCUT2D eigenvalue weighted by Crippen LogP contribution is 2.14. The number of likely N-dealkylation sites (tertiary alicyclic amines) is 1. The first-order chi connectivity index (χ1) is 11.2. The predicted octanol–water partition coefficient (Wildman–Crippen LogP) is 2.44. The smallest absolute Gasteiger partial charge is 0.246 e. The normalized spacial score (nSPS) is 16.0. The minimum Gasteiger partial charge on any atom is -0.341 e. The van der Waals surface area contributed by atoms with Gasteiger partial charge in [-0.25, -0.2) is 0 Å². The molecule has 0 spiro atoms. The van der Waals surface area contributed by atoms with Crippen LogP contribution in [0.1, 0.15) is 37.7 Å². The Balaban J connectivity index is 1.63. The van der Waals surface area contributed by atoms with Gasteiger partial charge >= 0.3 is 0 Å². The molecule has 122 valence electrons. The second-order valence-corrected chi connectivity index (χ2v) is 6.16. The summed E-state index contributed by atoms with van der Waals surface area (Å²) in [5.74, 6) is 0.644. The van der Waals surface area contributed by atoms with Gasteiger partial charge in [-0.2, -0.15) is 4.80 Å². The summed E-state index contributed by atoms with van der Waals surface area (Å²) in [5, 5.41) is 12.4. The molecule has 1 aromatic heterocycles. The van der Waals surface area contributed by atoms with Crippen molar-refractivity contribution in [1.82, 2.24) is 25.1 Å². The van der Waals surface area contributed by atoms with Crippen molar-refractivity contribution in [1.29, 1.82) is 0 Å². The lowest BCUT2D eigenvalue weighted by Gasteiger charge is -2.24. The molecular formula is C17H23N5O. The van der Waals surface area contributed by atoms with Crippen LogP contribution in [0.4, 0.5) is 0 Å². The number of hydrogen-bond acceptors (Lipinski definition) is 4. The van der Waals surface area contributed by atoms with Crippen LogP contribution in [0.2, 0.25) is 0 Å². The highest BCUT2D eigenvalue weighted by atomic mass is 16.2. The molecule has 0 radical (unpaired) electrons. The van der Waals surface area contributed by atoms with Crippen molar-refractivity contribution in [3.63, 3.8) is 0 Å². The maximum absolute atomic E-state index is 12.4. The molecule has 1 aliphatic rings. The van der Waals surface area contributed by atoms with Crippen molar-refractivity contribution >= 4 is 5.91 Å². The lowest BCUT2D eigenvalue weighted by atomic mass is 10.1. The average molecular weight is 313 g/mol. The van der Waals surface area contributed by atoms with Gasteiger partial charge in [0.15, 0.2) is 0 Å². The fraction of sp³-hybridized carbons (Fsp3) is 0.529. The van der Waals surface area contributed by atoms with Crippen molar-refractivity contribution in [2.75, 3.05) is 13.1 Å². The van der Waals surface area contributed by atoms with Gasteiger partial charge in [-0.05, 0) is 25.0 Å². The molecule has 0 unspecified atom stereocenters. The molecule has 2 aromatic rings. The number of hydrogen-bond donors (Lipinski definition) is 0. The second-order valence-electron chi connectivity index (χ2n) is 6.16. The zero-order valence-electron chi connectivity index (χ0n) is 13.6. The van der Waals surface area contributed by atoms with E-state index in [1.165, 1.54) is 29.6 Å². The maximum Gasteiger partial charge on any atom is 0.246 e. The number of carbonyl (C=O) groups excluding carboxylic acids is 1. The monoisotopic (exact) mass is 313 g/mol. The van der Waals surface area contributed by atoms with Gasteiger partial charge < -0.3 is 4.90 Å². The first-order valence-electron chi connectivity index (χ1n) is 8.35. The number of benzene rings is 1. The zero-order chi connectivity index (χ0) is 16.1. The van der Waals surface area contributed by atoms with E-state index in [0.717, 1.165) is 31.5 Å². The number of amides is 1. The number of tetrazole rings is 1. The first kappa shape index (κ1) is 15.6. The van der Waals surface area contributed by atoms with E-state index in [0.29, 0.717) is 5.82 Å². The molecule has 1 amide bonds. The lowest BCUT2D eigenvalue weighted by Crippen LogP contribution is -2.36. The van der Waals surface area contributed by atoms with Gasteiger partial charge in [0, 0.05) is 18.7 Å². The summed E-state index contributed by atoms with van der Waals surface area (Å²) in [5.41, 5.74) is 2.11. The van der Waals surface area contributed by atoms with Crippen molar-refractivity contribution in [3.05, 3.63) is 29.8 Å². The van der Waals surface area contributed by atoms with Gasteiger partial charge in [0.25, 0.3) is 0 Å². The fourth-order valence-electron chi connectivity index (χ4n) is 2.85. The molecule has 1 fully saturated rings. The molecule has 0 aliphatic carbocycles. The number of rotatable bonds is 3. The minimum atomic E-state index is 0.0831. The average Bonchev–Trinajstić information content (AvgIpc) is 2.96. The second kappa shape index (κ2) is 7.35. The summed E-state index contributed by atoms with van der Waals surface area (Å²) >= 11 is 0. The van der Waals surface area contributed by atoms with E-state index in [9.17, 15) is 4.79 Å². The summed E-state index contributed by atoms with van der Waals surface area (Å²) in [6, 6.07) is 7.97. The van der Waals surface area contributed by atoms with Gasteiger partial charge in [0.1, 0.15) is 6.54 Å². The SMILES string of the molecule is Cc1ccc(-c2nnn(CC(=O)N3CCCCCCC3)n2)cc1. The third kappa shape index (κ3) is 4.15. The van der Waals surface area contributed by atoms with E-state index in [-0.39, 0.29) is 12.5 Å². The highest BCUT2D eigenvalue weighted by Gasteiger charge is 2.17. The van der Waals surface area contributed by atoms with E-state index in [2.05, 4.69) is 15.4 Å². The van der Waals surface area contributed by atoms with Crippen molar-refractivity contribution in [2.45, 2.75) is 45.6 Å². The zero-order valence-corrected chi connectivity index (χ0v) is 13.6.